The van der Waals surface area contributed by atoms with Crippen LogP contribution < -0.4 is 4.74 Å². The zero-order chi connectivity index (χ0) is 14.2. The lowest BCUT2D eigenvalue weighted by molar-refractivity contribution is 0.299. The van der Waals surface area contributed by atoms with Crippen molar-refractivity contribution in [3.63, 3.8) is 0 Å². The van der Waals surface area contributed by atoms with Gasteiger partial charge in [-0.2, -0.15) is 0 Å². The number of ether oxygens (including phenoxy) is 1. The minimum Gasteiger partial charge on any atom is -0.494 e. The molecular formula is C17H25NO2. The van der Waals surface area contributed by atoms with E-state index in [0.29, 0.717) is 6.42 Å². The third-order valence-electron chi connectivity index (χ3n) is 3.64. The molecule has 0 aliphatic carbocycles. The van der Waals surface area contributed by atoms with Gasteiger partial charge in [-0.1, -0.05) is 32.6 Å². The molecule has 3 nitrogen and oxygen atoms in total. The second-order valence-corrected chi connectivity index (χ2v) is 5.26. The molecule has 2 N–H and O–H groups in total. The standard InChI is InChI=1S/C17H25NO2/c1-2-3-4-5-6-11-20-15-7-8-17-16(12-15)14(9-10-19)13-18-17/h7-8,12-13,18-19H,2-6,9-11H2,1H3. The monoisotopic (exact) mass is 275 g/mol. The number of aromatic nitrogens is 1. The van der Waals surface area contributed by atoms with Gasteiger partial charge in [0.2, 0.25) is 0 Å². The molecule has 1 heterocycles. The molecule has 2 rings (SSSR count). The number of nitrogens with one attached hydrogen (secondary N) is 1. The Morgan fingerprint density at radius 1 is 1.15 bits per heavy atom. The summed E-state index contributed by atoms with van der Waals surface area (Å²) in [7, 11) is 0. The van der Waals surface area contributed by atoms with Gasteiger partial charge in [-0.3, -0.25) is 0 Å². The van der Waals surface area contributed by atoms with Gasteiger partial charge in [-0.05, 0) is 36.6 Å². The summed E-state index contributed by atoms with van der Waals surface area (Å²) >= 11 is 0. The first-order valence-corrected chi connectivity index (χ1v) is 7.69. The summed E-state index contributed by atoms with van der Waals surface area (Å²) in [5.74, 6) is 0.923. The Bertz CT molecular complexity index is 519. The van der Waals surface area contributed by atoms with Crippen molar-refractivity contribution in [2.24, 2.45) is 0 Å². The van der Waals surface area contributed by atoms with Crippen molar-refractivity contribution < 1.29 is 9.84 Å². The van der Waals surface area contributed by atoms with Crippen molar-refractivity contribution in [1.82, 2.24) is 4.98 Å². The minimum atomic E-state index is 0.176. The summed E-state index contributed by atoms with van der Waals surface area (Å²) < 4.78 is 5.82. The molecule has 1 aromatic carbocycles. The highest BCUT2D eigenvalue weighted by Gasteiger charge is 2.04. The van der Waals surface area contributed by atoms with Gasteiger partial charge < -0.3 is 14.8 Å². The van der Waals surface area contributed by atoms with Gasteiger partial charge in [-0.15, -0.1) is 0 Å². The van der Waals surface area contributed by atoms with E-state index in [4.69, 9.17) is 9.84 Å². The first-order chi connectivity index (χ1) is 9.85. The van der Waals surface area contributed by atoms with E-state index in [-0.39, 0.29) is 6.61 Å². The maximum absolute atomic E-state index is 9.07. The van der Waals surface area contributed by atoms with Crippen LogP contribution in [0.1, 0.15) is 44.6 Å². The minimum absolute atomic E-state index is 0.176. The predicted molar refractivity (Wildman–Crippen MR) is 83.3 cm³/mol. The fourth-order valence-electron chi connectivity index (χ4n) is 2.47. The Labute approximate surface area is 121 Å². The number of benzene rings is 1. The smallest absolute Gasteiger partial charge is 0.120 e. The summed E-state index contributed by atoms with van der Waals surface area (Å²) in [5.41, 5.74) is 2.25. The molecule has 0 unspecified atom stereocenters. The van der Waals surface area contributed by atoms with E-state index in [1.54, 1.807) is 0 Å². The Morgan fingerprint density at radius 3 is 2.80 bits per heavy atom. The van der Waals surface area contributed by atoms with Crippen LogP contribution in [0.15, 0.2) is 24.4 Å². The van der Waals surface area contributed by atoms with Gasteiger partial charge in [0.1, 0.15) is 5.75 Å². The largest absolute Gasteiger partial charge is 0.494 e. The van der Waals surface area contributed by atoms with Crippen LogP contribution in [-0.2, 0) is 6.42 Å². The topological polar surface area (TPSA) is 45.2 Å². The summed E-state index contributed by atoms with van der Waals surface area (Å²) in [6, 6.07) is 6.12. The number of H-pyrrole nitrogens is 1. The molecule has 0 saturated heterocycles. The summed E-state index contributed by atoms with van der Waals surface area (Å²) in [4.78, 5) is 3.22. The van der Waals surface area contributed by atoms with Crippen molar-refractivity contribution >= 4 is 10.9 Å². The quantitative estimate of drug-likeness (QED) is 0.678. The molecule has 2 aromatic rings. The number of unbranched alkanes of at least 4 members (excludes halogenated alkanes) is 4. The van der Waals surface area contributed by atoms with E-state index in [2.05, 4.69) is 18.0 Å². The molecule has 0 radical (unpaired) electrons. The lowest BCUT2D eigenvalue weighted by Gasteiger charge is -2.06. The average molecular weight is 275 g/mol. The van der Waals surface area contributed by atoms with Crippen LogP contribution in [0.2, 0.25) is 0 Å². The Balaban J connectivity index is 1.88. The molecule has 0 aliphatic heterocycles. The highest BCUT2D eigenvalue weighted by atomic mass is 16.5. The predicted octanol–water partition coefficient (Wildman–Crippen LogP) is 4.05. The first-order valence-electron chi connectivity index (χ1n) is 7.69. The molecule has 1 aromatic heterocycles. The van der Waals surface area contributed by atoms with Crippen LogP contribution in [0.3, 0.4) is 0 Å². The molecule has 0 amide bonds. The van der Waals surface area contributed by atoms with Gasteiger partial charge in [0.05, 0.1) is 6.61 Å². The van der Waals surface area contributed by atoms with Crippen LogP contribution >= 0.6 is 0 Å². The van der Waals surface area contributed by atoms with E-state index in [9.17, 15) is 0 Å². The number of aliphatic hydroxyl groups is 1. The molecule has 0 bridgehead atoms. The van der Waals surface area contributed by atoms with Gasteiger partial charge >= 0.3 is 0 Å². The summed E-state index contributed by atoms with van der Waals surface area (Å²) in [6.45, 7) is 3.19. The average Bonchev–Trinajstić information content (AvgIpc) is 2.86. The van der Waals surface area contributed by atoms with Crippen LogP contribution in [0, 0.1) is 0 Å². The van der Waals surface area contributed by atoms with E-state index in [0.717, 1.165) is 35.2 Å². The number of rotatable bonds is 9. The molecule has 3 heteroatoms. The van der Waals surface area contributed by atoms with Crippen LogP contribution in [-0.4, -0.2) is 23.3 Å². The van der Waals surface area contributed by atoms with Crippen LogP contribution in [0.4, 0.5) is 0 Å². The Hall–Kier alpha value is -1.48. The van der Waals surface area contributed by atoms with E-state index < -0.39 is 0 Å². The Kier molecular flexibility index (Phi) is 5.93. The third kappa shape index (κ3) is 4.01. The fraction of sp³-hybridized carbons (Fsp3) is 0.529. The molecule has 0 spiro atoms. The van der Waals surface area contributed by atoms with Gasteiger partial charge in [0.15, 0.2) is 0 Å². The number of aliphatic hydroxyl groups excluding tert-OH is 1. The molecular weight excluding hydrogens is 250 g/mol. The molecule has 110 valence electrons. The van der Waals surface area contributed by atoms with E-state index in [1.807, 2.05) is 18.3 Å². The summed E-state index contributed by atoms with van der Waals surface area (Å²) in [5, 5.41) is 10.2. The molecule has 20 heavy (non-hydrogen) atoms. The highest BCUT2D eigenvalue weighted by Crippen LogP contribution is 2.24. The lowest BCUT2D eigenvalue weighted by Crippen LogP contribution is -1.97. The van der Waals surface area contributed by atoms with Crippen molar-refractivity contribution in [1.29, 1.82) is 0 Å². The SMILES string of the molecule is CCCCCCCOc1ccc2[nH]cc(CCO)c2c1. The number of fused-ring (bicyclic) bond motifs is 1. The van der Waals surface area contributed by atoms with Gasteiger partial charge in [0.25, 0.3) is 0 Å². The second-order valence-electron chi connectivity index (χ2n) is 5.26. The third-order valence-corrected chi connectivity index (χ3v) is 3.64. The van der Waals surface area contributed by atoms with Crippen molar-refractivity contribution in [2.75, 3.05) is 13.2 Å². The Morgan fingerprint density at radius 2 is 2.00 bits per heavy atom. The second kappa shape index (κ2) is 7.95. The molecule has 0 saturated carbocycles. The maximum atomic E-state index is 9.07. The normalized spacial score (nSPS) is 11.1. The molecule has 0 fully saturated rings. The maximum Gasteiger partial charge on any atom is 0.120 e. The van der Waals surface area contributed by atoms with Crippen LogP contribution in [0.25, 0.3) is 10.9 Å². The lowest BCUT2D eigenvalue weighted by atomic mass is 10.1. The van der Waals surface area contributed by atoms with Gasteiger partial charge in [0, 0.05) is 23.7 Å². The fourth-order valence-corrected chi connectivity index (χ4v) is 2.47. The first kappa shape index (κ1) is 14.9. The highest BCUT2D eigenvalue weighted by molar-refractivity contribution is 5.84. The van der Waals surface area contributed by atoms with Gasteiger partial charge in [-0.25, -0.2) is 0 Å². The van der Waals surface area contributed by atoms with E-state index >= 15 is 0 Å². The summed E-state index contributed by atoms with van der Waals surface area (Å²) in [6.07, 6.45) is 8.91. The van der Waals surface area contributed by atoms with Crippen molar-refractivity contribution in [2.45, 2.75) is 45.4 Å². The van der Waals surface area contributed by atoms with Crippen molar-refractivity contribution in [3.8, 4) is 5.75 Å². The zero-order valence-electron chi connectivity index (χ0n) is 12.3. The number of aromatic amines is 1. The molecule has 0 atom stereocenters. The number of hydrogen-bond donors (Lipinski definition) is 2. The zero-order valence-corrected chi connectivity index (χ0v) is 12.3. The molecule has 0 aliphatic rings. The van der Waals surface area contributed by atoms with Crippen LogP contribution in [0.5, 0.6) is 5.75 Å². The van der Waals surface area contributed by atoms with E-state index in [1.165, 1.54) is 25.7 Å². The van der Waals surface area contributed by atoms with Crippen molar-refractivity contribution in [3.05, 3.63) is 30.0 Å². The number of hydrogen-bond acceptors (Lipinski definition) is 2.